The van der Waals surface area contributed by atoms with Crippen LogP contribution < -0.4 is 0 Å². The van der Waals surface area contributed by atoms with E-state index in [1.807, 2.05) is 0 Å². The van der Waals surface area contributed by atoms with Gasteiger partial charge in [-0.15, -0.1) is 0 Å². The molecule has 0 aliphatic carbocycles. The molecule has 6 heteroatoms. The van der Waals surface area contributed by atoms with Gasteiger partial charge in [0.15, 0.2) is 0 Å². The average molecular weight is 211 g/mol. The Morgan fingerprint density at radius 3 is 2.21 bits per heavy atom. The van der Waals surface area contributed by atoms with Gasteiger partial charge in [-0.3, -0.25) is 4.98 Å². The van der Waals surface area contributed by atoms with Gasteiger partial charge in [0.1, 0.15) is 5.69 Å². The van der Waals surface area contributed by atoms with Crippen LogP contribution in [-0.2, 0) is 6.18 Å². The second-order valence-electron chi connectivity index (χ2n) is 2.72. The van der Waals surface area contributed by atoms with Crippen molar-refractivity contribution in [3.05, 3.63) is 29.1 Å². The lowest BCUT2D eigenvalue weighted by molar-refractivity contribution is -0.141. The molecule has 0 radical (unpaired) electrons. The Morgan fingerprint density at radius 2 is 1.86 bits per heavy atom. The van der Waals surface area contributed by atoms with Crippen molar-refractivity contribution in [3.63, 3.8) is 0 Å². The van der Waals surface area contributed by atoms with Gasteiger partial charge in [-0.1, -0.05) is 0 Å². The van der Waals surface area contributed by atoms with Crippen molar-refractivity contribution in [1.29, 1.82) is 0 Å². The second kappa shape index (κ2) is 3.51. The Kier molecular flexibility index (Phi) is 2.73. The Morgan fingerprint density at radius 1 is 1.29 bits per heavy atom. The van der Waals surface area contributed by atoms with Crippen LogP contribution in [0.2, 0.25) is 0 Å². The fraction of sp³-hybridized carbons (Fsp3) is 0.375. The van der Waals surface area contributed by atoms with E-state index >= 15 is 0 Å². The lowest BCUT2D eigenvalue weighted by Gasteiger charge is -2.08. The second-order valence-corrected chi connectivity index (χ2v) is 2.72. The smallest absolute Gasteiger partial charge is 0.251 e. The molecule has 1 nitrogen and oxygen atoms in total. The van der Waals surface area contributed by atoms with E-state index in [9.17, 15) is 22.0 Å². The highest BCUT2D eigenvalue weighted by atomic mass is 19.4. The van der Waals surface area contributed by atoms with Crippen molar-refractivity contribution >= 4 is 0 Å². The fourth-order valence-corrected chi connectivity index (χ4v) is 0.950. The van der Waals surface area contributed by atoms with E-state index in [0.717, 1.165) is 0 Å². The summed E-state index contributed by atoms with van der Waals surface area (Å²) in [6.07, 6.45) is -6.83. The maximum absolute atomic E-state index is 12.1. The minimum Gasteiger partial charge on any atom is -0.251 e. The summed E-state index contributed by atoms with van der Waals surface area (Å²) >= 11 is 0. The Bertz CT molecular complexity index is 331. The summed E-state index contributed by atoms with van der Waals surface area (Å²) in [6, 6.07) is 0.613. The summed E-state index contributed by atoms with van der Waals surface area (Å²) < 4.78 is 60.4. The standard InChI is InChI=1S/C8H6F5N/c1-4-2-6(8(11,12)13)14-3-5(4)7(9)10/h2-3,7H,1H3. The predicted molar refractivity (Wildman–Crippen MR) is 38.9 cm³/mol. The molecule has 0 atom stereocenters. The molecule has 0 aliphatic rings. The first kappa shape index (κ1) is 10.9. The molecule has 1 aromatic rings. The fourth-order valence-electron chi connectivity index (χ4n) is 0.950. The normalized spacial score (nSPS) is 12.2. The minimum atomic E-state index is -4.59. The van der Waals surface area contributed by atoms with Gasteiger partial charge in [-0.05, 0) is 18.6 Å². The van der Waals surface area contributed by atoms with E-state index in [1.54, 1.807) is 0 Å². The number of hydrogen-bond acceptors (Lipinski definition) is 1. The van der Waals surface area contributed by atoms with Gasteiger partial charge in [-0.2, -0.15) is 13.2 Å². The molecule has 0 amide bonds. The van der Waals surface area contributed by atoms with Crippen LogP contribution in [-0.4, -0.2) is 4.98 Å². The van der Waals surface area contributed by atoms with Crippen LogP contribution in [0.15, 0.2) is 12.3 Å². The number of aryl methyl sites for hydroxylation is 1. The minimum absolute atomic E-state index is 0.109. The van der Waals surface area contributed by atoms with Gasteiger partial charge in [0.05, 0.1) is 0 Å². The largest absolute Gasteiger partial charge is 0.433 e. The molecular weight excluding hydrogens is 205 g/mol. The van der Waals surface area contributed by atoms with Gasteiger partial charge in [0, 0.05) is 11.8 Å². The maximum atomic E-state index is 12.1. The Labute approximate surface area is 76.6 Å². The van der Waals surface area contributed by atoms with Gasteiger partial charge in [0.25, 0.3) is 6.43 Å². The van der Waals surface area contributed by atoms with Crippen LogP contribution in [0.1, 0.15) is 23.2 Å². The van der Waals surface area contributed by atoms with Crippen LogP contribution in [0.3, 0.4) is 0 Å². The Hall–Kier alpha value is -1.20. The lowest BCUT2D eigenvalue weighted by Crippen LogP contribution is -2.09. The van der Waals surface area contributed by atoms with Crippen molar-refractivity contribution in [3.8, 4) is 0 Å². The zero-order valence-electron chi connectivity index (χ0n) is 7.07. The quantitative estimate of drug-likeness (QED) is 0.649. The molecule has 0 saturated carbocycles. The molecule has 0 saturated heterocycles. The van der Waals surface area contributed by atoms with Gasteiger partial charge >= 0.3 is 6.18 Å². The van der Waals surface area contributed by atoms with Crippen LogP contribution in [0.4, 0.5) is 22.0 Å². The zero-order chi connectivity index (χ0) is 10.9. The third-order valence-corrected chi connectivity index (χ3v) is 1.68. The zero-order valence-corrected chi connectivity index (χ0v) is 7.07. The van der Waals surface area contributed by atoms with E-state index in [-0.39, 0.29) is 5.56 Å². The molecule has 78 valence electrons. The SMILES string of the molecule is Cc1cc(C(F)(F)F)ncc1C(F)F. The molecule has 0 spiro atoms. The third kappa shape index (κ3) is 2.18. The number of nitrogens with zero attached hydrogens (tertiary/aromatic N) is 1. The van der Waals surface area contributed by atoms with Crippen molar-refractivity contribution in [2.24, 2.45) is 0 Å². The topological polar surface area (TPSA) is 12.9 Å². The highest BCUT2D eigenvalue weighted by molar-refractivity contribution is 5.27. The van der Waals surface area contributed by atoms with Gasteiger partial charge in [-0.25, -0.2) is 8.78 Å². The number of halogens is 5. The molecule has 0 N–H and O–H groups in total. The summed E-state index contributed by atoms with van der Waals surface area (Å²) in [5.41, 5.74) is -1.74. The molecule has 0 unspecified atom stereocenters. The highest BCUT2D eigenvalue weighted by Gasteiger charge is 2.33. The molecule has 1 aromatic heterocycles. The molecule has 0 aromatic carbocycles. The van der Waals surface area contributed by atoms with Crippen LogP contribution >= 0.6 is 0 Å². The monoisotopic (exact) mass is 211 g/mol. The van der Waals surface area contributed by atoms with Crippen LogP contribution in [0.25, 0.3) is 0 Å². The lowest BCUT2D eigenvalue weighted by atomic mass is 10.1. The van der Waals surface area contributed by atoms with Gasteiger partial charge < -0.3 is 0 Å². The third-order valence-electron chi connectivity index (χ3n) is 1.68. The number of alkyl halides is 5. The van der Waals surface area contributed by atoms with Crippen molar-refractivity contribution < 1.29 is 22.0 Å². The van der Waals surface area contributed by atoms with E-state index in [0.29, 0.717) is 12.3 Å². The van der Waals surface area contributed by atoms with Crippen LogP contribution in [0.5, 0.6) is 0 Å². The number of pyridine rings is 1. The van der Waals surface area contributed by atoms with E-state index in [4.69, 9.17) is 0 Å². The summed E-state index contributed by atoms with van der Waals surface area (Å²) in [7, 11) is 0. The number of aromatic nitrogens is 1. The number of rotatable bonds is 1. The van der Waals surface area contributed by atoms with Gasteiger partial charge in [0.2, 0.25) is 0 Å². The highest BCUT2D eigenvalue weighted by Crippen LogP contribution is 2.30. The van der Waals surface area contributed by atoms with E-state index in [1.165, 1.54) is 6.92 Å². The molecule has 0 fully saturated rings. The van der Waals surface area contributed by atoms with E-state index < -0.39 is 23.9 Å². The predicted octanol–water partition coefficient (Wildman–Crippen LogP) is 3.35. The maximum Gasteiger partial charge on any atom is 0.433 e. The Balaban J connectivity index is 3.13. The number of hydrogen-bond donors (Lipinski definition) is 0. The summed E-state index contributed by atoms with van der Waals surface area (Å²) in [5.74, 6) is 0. The molecule has 1 rings (SSSR count). The molecule has 0 aliphatic heterocycles. The first-order valence-corrected chi connectivity index (χ1v) is 3.64. The summed E-state index contributed by atoms with van der Waals surface area (Å²) in [5, 5.41) is 0. The average Bonchev–Trinajstić information content (AvgIpc) is 2.01. The van der Waals surface area contributed by atoms with Crippen molar-refractivity contribution in [1.82, 2.24) is 4.98 Å². The molecule has 1 heterocycles. The first-order chi connectivity index (χ1) is 6.32. The molecular formula is C8H6F5N. The van der Waals surface area contributed by atoms with Crippen molar-refractivity contribution in [2.45, 2.75) is 19.5 Å². The molecule has 14 heavy (non-hydrogen) atoms. The summed E-state index contributed by atoms with van der Waals surface area (Å²) in [6.45, 7) is 1.19. The van der Waals surface area contributed by atoms with Crippen LogP contribution in [0, 0.1) is 6.92 Å². The van der Waals surface area contributed by atoms with E-state index in [2.05, 4.69) is 4.98 Å². The first-order valence-electron chi connectivity index (χ1n) is 3.64. The van der Waals surface area contributed by atoms with Crippen molar-refractivity contribution in [2.75, 3.05) is 0 Å². The summed E-state index contributed by atoms with van der Waals surface area (Å²) in [4.78, 5) is 2.93. The molecule has 0 bridgehead atoms.